The molecule has 6 heteroatoms. The summed E-state index contributed by atoms with van der Waals surface area (Å²) < 4.78 is 5.25. The highest BCUT2D eigenvalue weighted by molar-refractivity contribution is 6.02. The fourth-order valence-corrected chi connectivity index (χ4v) is 3.35. The molecule has 1 fully saturated rings. The number of esters is 1. The second-order valence-electron chi connectivity index (χ2n) is 6.24. The number of aromatic nitrogens is 2. The lowest BCUT2D eigenvalue weighted by Gasteiger charge is -2.38. The molecule has 2 atom stereocenters. The van der Waals surface area contributed by atoms with E-state index in [1.807, 2.05) is 18.7 Å². The van der Waals surface area contributed by atoms with Gasteiger partial charge in [0.25, 0.3) is 5.91 Å². The molecule has 1 aromatic heterocycles. The van der Waals surface area contributed by atoms with Gasteiger partial charge >= 0.3 is 5.97 Å². The van der Waals surface area contributed by atoms with Gasteiger partial charge in [0.2, 0.25) is 0 Å². The van der Waals surface area contributed by atoms with Crippen molar-refractivity contribution in [2.24, 2.45) is 0 Å². The first kappa shape index (κ1) is 16.4. The Kier molecular flexibility index (Phi) is 4.74. The summed E-state index contributed by atoms with van der Waals surface area (Å²) in [6, 6.07) is 5.51. The van der Waals surface area contributed by atoms with Gasteiger partial charge in [-0.05, 0) is 45.2 Å². The zero-order chi connectivity index (χ0) is 17.1. The molecule has 6 nitrogen and oxygen atoms in total. The fourth-order valence-electron chi connectivity index (χ4n) is 3.35. The predicted molar refractivity (Wildman–Crippen MR) is 89.4 cm³/mol. The summed E-state index contributed by atoms with van der Waals surface area (Å²) in [4.78, 5) is 35.0. The molecule has 0 aliphatic carbocycles. The van der Waals surface area contributed by atoms with Crippen LogP contribution in [0.5, 0.6) is 0 Å². The van der Waals surface area contributed by atoms with E-state index < -0.39 is 5.97 Å². The molecule has 2 aromatic rings. The third-order valence-electron chi connectivity index (χ3n) is 4.53. The number of carbonyl (C=O) groups is 2. The van der Waals surface area contributed by atoms with E-state index in [1.54, 1.807) is 24.4 Å². The van der Waals surface area contributed by atoms with E-state index in [0.717, 1.165) is 19.3 Å². The molecule has 1 amide bonds. The molecular weight excluding hydrogens is 306 g/mol. The minimum Gasteiger partial charge on any atom is -0.452 e. The van der Waals surface area contributed by atoms with E-state index in [2.05, 4.69) is 9.97 Å². The first-order chi connectivity index (χ1) is 11.6. The minimum absolute atomic E-state index is 0.144. The van der Waals surface area contributed by atoms with Crippen molar-refractivity contribution in [1.29, 1.82) is 0 Å². The van der Waals surface area contributed by atoms with Crippen molar-refractivity contribution in [2.75, 3.05) is 6.61 Å². The van der Waals surface area contributed by atoms with Gasteiger partial charge in [0, 0.05) is 24.5 Å². The van der Waals surface area contributed by atoms with Crippen molar-refractivity contribution in [2.45, 2.75) is 45.2 Å². The number of piperidine rings is 1. The molecule has 1 saturated heterocycles. The van der Waals surface area contributed by atoms with Crippen molar-refractivity contribution >= 4 is 22.9 Å². The maximum atomic E-state index is 12.4. The largest absolute Gasteiger partial charge is 0.452 e. The van der Waals surface area contributed by atoms with Crippen LogP contribution in [0.2, 0.25) is 0 Å². The van der Waals surface area contributed by atoms with E-state index in [4.69, 9.17) is 4.74 Å². The van der Waals surface area contributed by atoms with Gasteiger partial charge in [-0.2, -0.15) is 0 Å². The number of hydrogen-bond donors (Lipinski definition) is 0. The van der Waals surface area contributed by atoms with Crippen LogP contribution in [-0.4, -0.2) is 45.4 Å². The number of hydrogen-bond acceptors (Lipinski definition) is 5. The highest BCUT2D eigenvalue weighted by atomic mass is 16.5. The molecule has 0 spiro atoms. The van der Waals surface area contributed by atoms with Crippen LogP contribution < -0.4 is 0 Å². The molecule has 0 radical (unpaired) electrons. The summed E-state index contributed by atoms with van der Waals surface area (Å²) in [5.74, 6) is -0.693. The number of amides is 1. The number of ether oxygens (including phenoxy) is 1. The highest BCUT2D eigenvalue weighted by Gasteiger charge is 2.29. The van der Waals surface area contributed by atoms with E-state index in [0.29, 0.717) is 16.6 Å². The van der Waals surface area contributed by atoms with Crippen LogP contribution in [-0.2, 0) is 9.53 Å². The topological polar surface area (TPSA) is 72.4 Å². The van der Waals surface area contributed by atoms with Crippen LogP contribution in [0.15, 0.2) is 30.6 Å². The number of para-hydroxylation sites is 1. The van der Waals surface area contributed by atoms with Crippen LogP contribution in [0.3, 0.4) is 0 Å². The van der Waals surface area contributed by atoms with E-state index in [9.17, 15) is 9.59 Å². The quantitative estimate of drug-likeness (QED) is 0.810. The normalized spacial score (nSPS) is 20.8. The Labute approximate surface area is 140 Å². The SMILES string of the molecule is C[C@@H]1CCC[C@@H](C)N1C(=O)COC(=O)c1cccc2nccnc12. The molecule has 126 valence electrons. The maximum Gasteiger partial charge on any atom is 0.340 e. The van der Waals surface area contributed by atoms with Crippen LogP contribution in [0, 0.1) is 0 Å². The summed E-state index contributed by atoms with van der Waals surface area (Å²) in [6.07, 6.45) is 6.20. The molecule has 1 aromatic carbocycles. The third kappa shape index (κ3) is 3.22. The first-order valence-electron chi connectivity index (χ1n) is 8.26. The molecule has 0 bridgehead atoms. The monoisotopic (exact) mass is 327 g/mol. The summed E-state index contributed by atoms with van der Waals surface area (Å²) in [7, 11) is 0. The average molecular weight is 327 g/mol. The van der Waals surface area contributed by atoms with Crippen molar-refractivity contribution < 1.29 is 14.3 Å². The number of benzene rings is 1. The Hall–Kier alpha value is -2.50. The lowest BCUT2D eigenvalue weighted by Crippen LogP contribution is -2.49. The predicted octanol–water partition coefficient (Wildman–Crippen LogP) is 2.58. The van der Waals surface area contributed by atoms with Crippen LogP contribution in [0.4, 0.5) is 0 Å². The van der Waals surface area contributed by atoms with E-state index in [-0.39, 0.29) is 24.6 Å². The summed E-state index contributed by atoms with van der Waals surface area (Å²) in [5, 5.41) is 0. The molecule has 3 rings (SSSR count). The average Bonchev–Trinajstić information content (AvgIpc) is 2.59. The summed E-state index contributed by atoms with van der Waals surface area (Å²) in [5.41, 5.74) is 1.43. The van der Waals surface area contributed by atoms with Crippen LogP contribution in [0.1, 0.15) is 43.5 Å². The van der Waals surface area contributed by atoms with Crippen LogP contribution in [0.25, 0.3) is 11.0 Å². The second-order valence-corrected chi connectivity index (χ2v) is 6.24. The summed E-state index contributed by atoms with van der Waals surface area (Å²) in [6.45, 7) is 3.83. The Bertz CT molecular complexity index is 747. The van der Waals surface area contributed by atoms with Gasteiger partial charge in [0.05, 0.1) is 11.1 Å². The molecule has 0 N–H and O–H groups in total. The zero-order valence-corrected chi connectivity index (χ0v) is 13.9. The first-order valence-corrected chi connectivity index (χ1v) is 8.26. The van der Waals surface area contributed by atoms with Crippen molar-refractivity contribution in [1.82, 2.24) is 14.9 Å². The van der Waals surface area contributed by atoms with Gasteiger partial charge < -0.3 is 9.64 Å². The smallest absolute Gasteiger partial charge is 0.340 e. The lowest BCUT2D eigenvalue weighted by molar-refractivity contribution is -0.140. The molecule has 0 saturated carbocycles. The van der Waals surface area contributed by atoms with Gasteiger partial charge in [-0.25, -0.2) is 4.79 Å². The minimum atomic E-state index is -0.549. The Morgan fingerprint density at radius 2 is 1.88 bits per heavy atom. The molecule has 24 heavy (non-hydrogen) atoms. The lowest BCUT2D eigenvalue weighted by atomic mass is 9.97. The number of likely N-dealkylation sites (tertiary alicyclic amines) is 1. The molecule has 2 heterocycles. The van der Waals surface area contributed by atoms with Crippen molar-refractivity contribution in [3.8, 4) is 0 Å². The van der Waals surface area contributed by atoms with Crippen molar-refractivity contribution in [3.05, 3.63) is 36.2 Å². The fraction of sp³-hybridized carbons (Fsp3) is 0.444. The number of carbonyl (C=O) groups excluding carboxylic acids is 2. The number of fused-ring (bicyclic) bond motifs is 1. The van der Waals surface area contributed by atoms with E-state index in [1.165, 1.54) is 6.20 Å². The second kappa shape index (κ2) is 6.95. The van der Waals surface area contributed by atoms with Gasteiger partial charge in [-0.1, -0.05) is 6.07 Å². The zero-order valence-electron chi connectivity index (χ0n) is 13.9. The molecule has 1 aliphatic rings. The third-order valence-corrected chi connectivity index (χ3v) is 4.53. The molecule has 0 unspecified atom stereocenters. The van der Waals surface area contributed by atoms with Gasteiger partial charge in [-0.3, -0.25) is 14.8 Å². The van der Waals surface area contributed by atoms with E-state index >= 15 is 0 Å². The number of nitrogens with zero attached hydrogens (tertiary/aromatic N) is 3. The summed E-state index contributed by atoms with van der Waals surface area (Å²) >= 11 is 0. The Balaban J connectivity index is 1.70. The highest BCUT2D eigenvalue weighted by Crippen LogP contribution is 2.22. The van der Waals surface area contributed by atoms with Gasteiger partial charge in [-0.15, -0.1) is 0 Å². The standard InChI is InChI=1S/C18H21N3O3/c1-12-5-3-6-13(2)21(12)16(22)11-24-18(23)14-7-4-8-15-17(14)20-10-9-19-15/h4,7-10,12-13H,3,5-6,11H2,1-2H3/t12-,13-/m1/s1. The molecular formula is C18H21N3O3. The van der Waals surface area contributed by atoms with Gasteiger partial charge in [0.1, 0.15) is 5.52 Å². The molecule has 1 aliphatic heterocycles. The number of rotatable bonds is 3. The Morgan fingerprint density at radius 3 is 2.62 bits per heavy atom. The van der Waals surface area contributed by atoms with Gasteiger partial charge in [0.15, 0.2) is 6.61 Å². The maximum absolute atomic E-state index is 12.4. The Morgan fingerprint density at radius 1 is 1.17 bits per heavy atom. The van der Waals surface area contributed by atoms with Crippen molar-refractivity contribution in [3.63, 3.8) is 0 Å². The van der Waals surface area contributed by atoms with Crippen LogP contribution >= 0.6 is 0 Å².